The van der Waals surface area contributed by atoms with E-state index in [0.717, 1.165) is 16.1 Å². The van der Waals surface area contributed by atoms with Gasteiger partial charge >= 0.3 is 0 Å². The molecule has 1 atom stereocenters. The number of ether oxygens (including phenoxy) is 1. The van der Waals surface area contributed by atoms with Crippen molar-refractivity contribution in [3.05, 3.63) is 48.2 Å². The number of pyridine rings is 1. The normalized spacial score (nSPS) is 12.2. The van der Waals surface area contributed by atoms with Gasteiger partial charge in [-0.2, -0.15) is 0 Å². The molecule has 0 aliphatic heterocycles. The van der Waals surface area contributed by atoms with E-state index in [9.17, 15) is 4.21 Å². The topological polar surface area (TPSA) is 51.2 Å². The molecule has 1 N–H and O–H groups in total. The van der Waals surface area contributed by atoms with Crippen molar-refractivity contribution >= 4 is 16.5 Å². The molecule has 0 saturated heterocycles. The smallest absolute Gasteiger partial charge is 0.237 e. The van der Waals surface area contributed by atoms with Crippen LogP contribution in [0.3, 0.4) is 0 Å². The molecular weight excluding hydrogens is 284 g/mol. The zero-order valence-electron chi connectivity index (χ0n) is 12.5. The molecule has 1 aromatic carbocycles. The number of rotatable bonds is 6. The Bertz CT molecular complexity index is 612. The van der Waals surface area contributed by atoms with Crippen LogP contribution in [-0.2, 0) is 17.3 Å². The van der Waals surface area contributed by atoms with Crippen LogP contribution in [0.5, 0.6) is 5.88 Å². The highest BCUT2D eigenvalue weighted by molar-refractivity contribution is 7.84. The van der Waals surface area contributed by atoms with Crippen LogP contribution in [0.2, 0.25) is 0 Å². The zero-order chi connectivity index (χ0) is 15.2. The van der Waals surface area contributed by atoms with E-state index in [0.29, 0.717) is 12.4 Å². The van der Waals surface area contributed by atoms with E-state index in [4.69, 9.17) is 4.74 Å². The van der Waals surface area contributed by atoms with Crippen LogP contribution in [0.15, 0.2) is 47.5 Å². The molecule has 0 aliphatic carbocycles. The van der Waals surface area contributed by atoms with Crippen molar-refractivity contribution in [2.24, 2.45) is 0 Å². The maximum Gasteiger partial charge on any atom is 0.237 e. The van der Waals surface area contributed by atoms with E-state index >= 15 is 0 Å². The molecule has 0 fully saturated rings. The van der Waals surface area contributed by atoms with Crippen LogP contribution < -0.4 is 10.1 Å². The monoisotopic (exact) mass is 304 g/mol. The number of hydrogen-bond acceptors (Lipinski definition) is 4. The number of nitrogens with zero attached hydrogens (tertiary/aromatic N) is 1. The lowest BCUT2D eigenvalue weighted by Crippen LogP contribution is -2.10. The summed E-state index contributed by atoms with van der Waals surface area (Å²) in [5, 5.41) is 3.32. The summed E-state index contributed by atoms with van der Waals surface area (Å²) in [6.45, 7) is 4.61. The second kappa shape index (κ2) is 7.22. The molecule has 0 spiro atoms. The molecule has 21 heavy (non-hydrogen) atoms. The third-order valence-corrected chi connectivity index (χ3v) is 3.79. The lowest BCUT2D eigenvalue weighted by Gasteiger charge is -2.14. The van der Waals surface area contributed by atoms with Crippen LogP contribution in [0.4, 0.5) is 5.69 Å². The van der Waals surface area contributed by atoms with Gasteiger partial charge < -0.3 is 10.1 Å². The largest absolute Gasteiger partial charge is 0.473 e. The van der Waals surface area contributed by atoms with Gasteiger partial charge in [0, 0.05) is 34.7 Å². The Morgan fingerprint density at radius 1 is 1.24 bits per heavy atom. The molecule has 2 rings (SSSR count). The molecule has 0 aliphatic rings. The average molecular weight is 304 g/mol. The van der Waals surface area contributed by atoms with Gasteiger partial charge in [-0.15, -0.1) is 0 Å². The van der Waals surface area contributed by atoms with E-state index in [1.54, 1.807) is 12.5 Å². The van der Waals surface area contributed by atoms with Gasteiger partial charge in [0.05, 0.1) is 11.8 Å². The third kappa shape index (κ3) is 4.56. The summed E-state index contributed by atoms with van der Waals surface area (Å²) in [4.78, 5) is 5.08. The van der Waals surface area contributed by atoms with Crippen molar-refractivity contribution in [3.63, 3.8) is 0 Å². The highest BCUT2D eigenvalue weighted by atomic mass is 32.2. The molecule has 4 nitrogen and oxygen atoms in total. The van der Waals surface area contributed by atoms with Gasteiger partial charge in [-0.3, -0.25) is 4.21 Å². The molecular formula is C16H20N2O2S. The fraction of sp³-hybridized carbons (Fsp3) is 0.312. The molecule has 2 aromatic rings. The van der Waals surface area contributed by atoms with Gasteiger partial charge in [0.15, 0.2) is 0 Å². The molecule has 0 saturated carbocycles. The van der Waals surface area contributed by atoms with Gasteiger partial charge in [-0.05, 0) is 43.7 Å². The highest BCUT2D eigenvalue weighted by Gasteiger charge is 2.06. The Morgan fingerprint density at radius 2 is 1.95 bits per heavy atom. The maximum absolute atomic E-state index is 11.4. The molecule has 0 bridgehead atoms. The first kappa shape index (κ1) is 15.5. The molecule has 0 unspecified atom stereocenters. The van der Waals surface area contributed by atoms with Gasteiger partial charge in [0.25, 0.3) is 0 Å². The quantitative estimate of drug-likeness (QED) is 0.890. The summed E-state index contributed by atoms with van der Waals surface area (Å²) >= 11 is 0. The number of aromatic nitrogens is 1. The van der Waals surface area contributed by atoms with E-state index in [1.807, 2.05) is 50.2 Å². The number of hydrogen-bond donors (Lipinski definition) is 1. The van der Waals surface area contributed by atoms with Crippen LogP contribution >= 0.6 is 0 Å². The van der Waals surface area contributed by atoms with Crippen LogP contribution in [-0.4, -0.2) is 21.6 Å². The van der Waals surface area contributed by atoms with E-state index in [-0.39, 0.29) is 6.10 Å². The van der Waals surface area contributed by atoms with Crippen molar-refractivity contribution in [3.8, 4) is 5.88 Å². The summed E-state index contributed by atoms with van der Waals surface area (Å²) in [6, 6.07) is 11.6. The molecule has 112 valence electrons. The van der Waals surface area contributed by atoms with Crippen molar-refractivity contribution in [2.75, 3.05) is 11.6 Å². The Balaban J connectivity index is 2.04. The van der Waals surface area contributed by atoms with E-state index in [1.165, 1.54) is 0 Å². The maximum atomic E-state index is 11.4. The average Bonchev–Trinajstić information content (AvgIpc) is 2.46. The van der Waals surface area contributed by atoms with Gasteiger partial charge in [0.2, 0.25) is 5.88 Å². The predicted octanol–water partition coefficient (Wildman–Crippen LogP) is 3.22. The van der Waals surface area contributed by atoms with Crippen molar-refractivity contribution in [1.29, 1.82) is 0 Å². The van der Waals surface area contributed by atoms with Crippen molar-refractivity contribution in [2.45, 2.75) is 31.4 Å². The van der Waals surface area contributed by atoms with Crippen LogP contribution in [0.25, 0.3) is 0 Å². The zero-order valence-corrected chi connectivity index (χ0v) is 13.3. The molecule has 5 heteroatoms. The molecule has 0 radical (unpaired) electrons. The summed E-state index contributed by atoms with van der Waals surface area (Å²) < 4.78 is 17.0. The third-order valence-electron chi connectivity index (χ3n) is 2.86. The van der Waals surface area contributed by atoms with Gasteiger partial charge in [-0.1, -0.05) is 12.1 Å². The first-order chi connectivity index (χ1) is 10.1. The van der Waals surface area contributed by atoms with Crippen molar-refractivity contribution in [1.82, 2.24) is 4.98 Å². The standard InChI is InChI=1S/C16H20N2O2S/c1-12(2)20-16-15(5-4-10-17-16)18-11-13-6-8-14(9-7-13)21(3)19/h4-10,12,18H,11H2,1-3H3/t21-/m1/s1. The fourth-order valence-electron chi connectivity index (χ4n) is 1.84. The summed E-state index contributed by atoms with van der Waals surface area (Å²) in [6.07, 6.45) is 3.48. The lowest BCUT2D eigenvalue weighted by molar-refractivity contribution is 0.234. The fourth-order valence-corrected chi connectivity index (χ4v) is 2.36. The second-order valence-corrected chi connectivity index (χ2v) is 6.35. The first-order valence-corrected chi connectivity index (χ1v) is 8.40. The summed E-state index contributed by atoms with van der Waals surface area (Å²) in [5.41, 5.74) is 1.98. The van der Waals surface area contributed by atoms with E-state index < -0.39 is 10.8 Å². The number of anilines is 1. The second-order valence-electron chi connectivity index (χ2n) is 4.97. The highest BCUT2D eigenvalue weighted by Crippen LogP contribution is 2.22. The minimum atomic E-state index is -0.938. The molecule has 0 amide bonds. The SMILES string of the molecule is CC(C)Oc1ncccc1NCc1ccc([S@@](C)=O)cc1. The van der Waals surface area contributed by atoms with Crippen LogP contribution in [0, 0.1) is 0 Å². The first-order valence-electron chi connectivity index (χ1n) is 6.84. The van der Waals surface area contributed by atoms with E-state index in [2.05, 4.69) is 10.3 Å². The summed E-state index contributed by atoms with van der Waals surface area (Å²) in [5.74, 6) is 0.610. The van der Waals surface area contributed by atoms with Crippen LogP contribution in [0.1, 0.15) is 19.4 Å². The Labute approximate surface area is 128 Å². The predicted molar refractivity (Wildman–Crippen MR) is 86.1 cm³/mol. The minimum absolute atomic E-state index is 0.0827. The van der Waals surface area contributed by atoms with Gasteiger partial charge in [-0.25, -0.2) is 4.98 Å². The molecule has 1 aromatic heterocycles. The minimum Gasteiger partial charge on any atom is -0.473 e. The molecule has 1 heterocycles. The Hall–Kier alpha value is -1.88. The lowest BCUT2D eigenvalue weighted by atomic mass is 10.2. The van der Waals surface area contributed by atoms with Gasteiger partial charge in [0.1, 0.15) is 0 Å². The Morgan fingerprint density at radius 3 is 2.57 bits per heavy atom. The number of nitrogens with one attached hydrogen (secondary N) is 1. The Kier molecular flexibility index (Phi) is 5.33. The summed E-state index contributed by atoms with van der Waals surface area (Å²) in [7, 11) is -0.938. The number of benzene rings is 1. The van der Waals surface area contributed by atoms with Crippen molar-refractivity contribution < 1.29 is 8.95 Å².